The van der Waals surface area contributed by atoms with Crippen LogP contribution in [0, 0.1) is 5.82 Å². The van der Waals surface area contributed by atoms with E-state index < -0.39 is 15.9 Å². The van der Waals surface area contributed by atoms with E-state index in [9.17, 15) is 17.6 Å². The van der Waals surface area contributed by atoms with Gasteiger partial charge in [0.25, 0.3) is 0 Å². The zero-order valence-corrected chi connectivity index (χ0v) is 11.3. The van der Waals surface area contributed by atoms with Crippen LogP contribution in [0.4, 0.5) is 14.9 Å². The van der Waals surface area contributed by atoms with Gasteiger partial charge in [0, 0.05) is 18.8 Å². The van der Waals surface area contributed by atoms with Gasteiger partial charge in [0.2, 0.25) is 0 Å². The Morgan fingerprint density at radius 1 is 1.37 bits per heavy atom. The molecule has 1 aromatic rings. The van der Waals surface area contributed by atoms with Gasteiger partial charge in [-0.25, -0.2) is 17.6 Å². The SMILES string of the molecule is CN(C(=O)NC1CCS(=O)(=O)C1)c1ccc(F)cc1. The summed E-state index contributed by atoms with van der Waals surface area (Å²) in [7, 11) is -1.47. The van der Waals surface area contributed by atoms with E-state index in [2.05, 4.69) is 5.32 Å². The number of urea groups is 1. The molecule has 1 fully saturated rings. The summed E-state index contributed by atoms with van der Waals surface area (Å²) >= 11 is 0. The van der Waals surface area contributed by atoms with Crippen LogP contribution in [0.25, 0.3) is 0 Å². The summed E-state index contributed by atoms with van der Waals surface area (Å²) in [5.41, 5.74) is 0.541. The third-order valence-corrected chi connectivity index (χ3v) is 4.85. The maximum Gasteiger partial charge on any atom is 0.321 e. The molecular formula is C12H15FN2O3S. The Morgan fingerprint density at radius 3 is 2.53 bits per heavy atom. The van der Waals surface area contributed by atoms with Gasteiger partial charge in [-0.05, 0) is 30.7 Å². The largest absolute Gasteiger partial charge is 0.334 e. The van der Waals surface area contributed by atoms with E-state index in [1.807, 2.05) is 0 Å². The predicted molar refractivity (Wildman–Crippen MR) is 70.4 cm³/mol. The smallest absolute Gasteiger partial charge is 0.321 e. The number of halogens is 1. The number of carbonyl (C=O) groups excluding carboxylic acids is 1. The van der Waals surface area contributed by atoms with Crippen molar-refractivity contribution in [3.63, 3.8) is 0 Å². The van der Waals surface area contributed by atoms with Crippen LogP contribution in [-0.4, -0.2) is 39.0 Å². The van der Waals surface area contributed by atoms with Crippen molar-refractivity contribution in [1.29, 1.82) is 0 Å². The number of hydrogen-bond donors (Lipinski definition) is 1. The van der Waals surface area contributed by atoms with E-state index in [-0.39, 0.29) is 23.4 Å². The van der Waals surface area contributed by atoms with Crippen LogP contribution in [0.15, 0.2) is 24.3 Å². The highest BCUT2D eigenvalue weighted by Crippen LogP contribution is 2.15. The van der Waals surface area contributed by atoms with Crippen LogP contribution < -0.4 is 10.2 Å². The van der Waals surface area contributed by atoms with Crippen molar-refractivity contribution in [3.05, 3.63) is 30.1 Å². The lowest BCUT2D eigenvalue weighted by Crippen LogP contribution is -2.43. The Labute approximate surface area is 111 Å². The van der Waals surface area contributed by atoms with E-state index in [4.69, 9.17) is 0 Å². The maximum absolute atomic E-state index is 12.8. The number of hydrogen-bond acceptors (Lipinski definition) is 3. The predicted octanol–water partition coefficient (Wildman–Crippen LogP) is 1.16. The van der Waals surface area contributed by atoms with E-state index in [0.717, 1.165) is 0 Å². The maximum atomic E-state index is 12.8. The van der Waals surface area contributed by atoms with Gasteiger partial charge in [-0.1, -0.05) is 0 Å². The lowest BCUT2D eigenvalue weighted by Gasteiger charge is -2.20. The zero-order chi connectivity index (χ0) is 14.0. The minimum Gasteiger partial charge on any atom is -0.334 e. The molecule has 0 radical (unpaired) electrons. The minimum absolute atomic E-state index is 0.0179. The summed E-state index contributed by atoms with van der Waals surface area (Å²) in [4.78, 5) is 13.2. The van der Waals surface area contributed by atoms with Gasteiger partial charge in [-0.3, -0.25) is 4.90 Å². The first kappa shape index (κ1) is 13.8. The molecule has 0 saturated carbocycles. The van der Waals surface area contributed by atoms with E-state index >= 15 is 0 Å². The first-order chi connectivity index (χ1) is 8.87. The lowest BCUT2D eigenvalue weighted by molar-refractivity contribution is 0.244. The number of benzene rings is 1. The molecule has 0 aliphatic carbocycles. The Bertz CT molecular complexity index is 571. The molecule has 0 spiro atoms. The van der Waals surface area contributed by atoms with E-state index in [1.165, 1.54) is 29.2 Å². The summed E-state index contributed by atoms with van der Waals surface area (Å²) in [6.07, 6.45) is 0.436. The molecule has 1 aliphatic rings. The number of sulfone groups is 1. The lowest BCUT2D eigenvalue weighted by atomic mass is 10.2. The van der Waals surface area contributed by atoms with Gasteiger partial charge in [0.15, 0.2) is 9.84 Å². The van der Waals surface area contributed by atoms with Gasteiger partial charge in [-0.2, -0.15) is 0 Å². The molecule has 1 heterocycles. The van der Waals surface area contributed by atoms with Crippen LogP contribution in [-0.2, 0) is 9.84 Å². The van der Waals surface area contributed by atoms with Crippen molar-refractivity contribution >= 4 is 21.6 Å². The second-order valence-corrected chi connectivity index (χ2v) is 6.81. The normalized spacial score (nSPS) is 21.1. The summed E-state index contributed by atoms with van der Waals surface area (Å²) in [6.45, 7) is 0. The number of nitrogens with zero attached hydrogens (tertiary/aromatic N) is 1. The standard InChI is InChI=1S/C12H15FN2O3S/c1-15(11-4-2-9(13)3-5-11)12(16)14-10-6-7-19(17,18)8-10/h2-5,10H,6-8H2,1H3,(H,14,16). The molecule has 104 valence electrons. The number of rotatable bonds is 2. The zero-order valence-electron chi connectivity index (χ0n) is 10.5. The molecule has 2 amide bonds. The monoisotopic (exact) mass is 286 g/mol. The van der Waals surface area contributed by atoms with Crippen molar-refractivity contribution in [3.8, 4) is 0 Å². The second-order valence-electron chi connectivity index (χ2n) is 4.58. The van der Waals surface area contributed by atoms with Gasteiger partial charge >= 0.3 is 6.03 Å². The second kappa shape index (κ2) is 5.16. The van der Waals surface area contributed by atoms with Crippen LogP contribution in [0.5, 0.6) is 0 Å². The Kier molecular flexibility index (Phi) is 3.75. The van der Waals surface area contributed by atoms with Crippen molar-refractivity contribution in [1.82, 2.24) is 5.32 Å². The third kappa shape index (κ3) is 3.44. The molecule has 1 aliphatic heterocycles. The molecule has 7 heteroatoms. The topological polar surface area (TPSA) is 66.5 Å². The number of amides is 2. The summed E-state index contributed by atoms with van der Waals surface area (Å²) in [6, 6.07) is 4.76. The average molecular weight is 286 g/mol. The first-order valence-corrected chi connectivity index (χ1v) is 7.70. The number of nitrogens with one attached hydrogen (secondary N) is 1. The molecule has 1 N–H and O–H groups in total. The highest BCUT2D eigenvalue weighted by molar-refractivity contribution is 7.91. The molecule has 0 aromatic heterocycles. The number of carbonyl (C=O) groups is 1. The van der Waals surface area contributed by atoms with Gasteiger partial charge in [0.1, 0.15) is 5.82 Å². The van der Waals surface area contributed by atoms with Crippen LogP contribution in [0.3, 0.4) is 0 Å². The Hall–Kier alpha value is -1.63. The molecular weight excluding hydrogens is 271 g/mol. The van der Waals surface area contributed by atoms with E-state index in [0.29, 0.717) is 12.1 Å². The molecule has 0 bridgehead atoms. The van der Waals surface area contributed by atoms with Crippen molar-refractivity contribution in [2.75, 3.05) is 23.5 Å². The van der Waals surface area contributed by atoms with Crippen molar-refractivity contribution < 1.29 is 17.6 Å². The van der Waals surface area contributed by atoms with Gasteiger partial charge in [-0.15, -0.1) is 0 Å². The van der Waals surface area contributed by atoms with Crippen LogP contribution >= 0.6 is 0 Å². The van der Waals surface area contributed by atoms with Crippen molar-refractivity contribution in [2.24, 2.45) is 0 Å². The van der Waals surface area contributed by atoms with E-state index in [1.54, 1.807) is 7.05 Å². The molecule has 19 heavy (non-hydrogen) atoms. The Balaban J connectivity index is 1.98. The molecule has 1 unspecified atom stereocenters. The summed E-state index contributed by atoms with van der Waals surface area (Å²) < 4.78 is 35.4. The molecule has 1 saturated heterocycles. The fourth-order valence-electron chi connectivity index (χ4n) is 1.96. The molecule has 2 rings (SSSR count). The quantitative estimate of drug-likeness (QED) is 0.887. The Morgan fingerprint density at radius 2 is 2.00 bits per heavy atom. The minimum atomic E-state index is -3.02. The number of anilines is 1. The van der Waals surface area contributed by atoms with Gasteiger partial charge in [0.05, 0.1) is 11.5 Å². The fraction of sp³-hybridized carbons (Fsp3) is 0.417. The first-order valence-electron chi connectivity index (χ1n) is 5.87. The summed E-state index contributed by atoms with van der Waals surface area (Å²) in [5.74, 6) is -0.284. The highest BCUT2D eigenvalue weighted by atomic mass is 32.2. The highest BCUT2D eigenvalue weighted by Gasteiger charge is 2.29. The van der Waals surface area contributed by atoms with Crippen LogP contribution in [0.2, 0.25) is 0 Å². The molecule has 1 aromatic carbocycles. The summed E-state index contributed by atoms with van der Waals surface area (Å²) in [5, 5.41) is 2.66. The van der Waals surface area contributed by atoms with Gasteiger partial charge < -0.3 is 5.32 Å². The molecule has 1 atom stereocenters. The van der Waals surface area contributed by atoms with Crippen LogP contribution in [0.1, 0.15) is 6.42 Å². The van der Waals surface area contributed by atoms with Crippen molar-refractivity contribution in [2.45, 2.75) is 12.5 Å². The molecule has 5 nitrogen and oxygen atoms in total. The average Bonchev–Trinajstić information content (AvgIpc) is 2.68. The fourth-order valence-corrected chi connectivity index (χ4v) is 3.64. The third-order valence-electron chi connectivity index (χ3n) is 3.08.